The zero-order valence-electron chi connectivity index (χ0n) is 13.6. The number of pyridine rings is 1. The summed E-state index contributed by atoms with van der Waals surface area (Å²) in [6.07, 6.45) is 3.82. The topological polar surface area (TPSA) is 94.0 Å². The predicted molar refractivity (Wildman–Crippen MR) is 90.4 cm³/mol. The molecule has 0 aliphatic carbocycles. The van der Waals surface area contributed by atoms with Gasteiger partial charge in [-0.2, -0.15) is 0 Å². The van der Waals surface area contributed by atoms with Gasteiger partial charge in [-0.25, -0.2) is 0 Å². The van der Waals surface area contributed by atoms with Crippen molar-refractivity contribution in [3.05, 3.63) is 53.9 Å². The lowest BCUT2D eigenvalue weighted by atomic mass is 10.1. The Morgan fingerprint density at radius 1 is 0.800 bits per heavy atom. The zero-order chi connectivity index (χ0) is 17.8. The van der Waals surface area contributed by atoms with Crippen molar-refractivity contribution in [3.8, 4) is 11.5 Å². The van der Waals surface area contributed by atoms with Crippen molar-refractivity contribution in [2.24, 2.45) is 0 Å². The van der Waals surface area contributed by atoms with Gasteiger partial charge in [0.05, 0.1) is 0 Å². The average molecular weight is 341 g/mol. The van der Waals surface area contributed by atoms with Crippen LogP contribution in [0.4, 0.5) is 0 Å². The Morgan fingerprint density at radius 2 is 1.32 bits per heavy atom. The Bertz CT molecular complexity index is 759. The monoisotopic (exact) mass is 341 g/mol. The number of amides is 2. The molecule has 1 aromatic heterocycles. The molecule has 0 radical (unpaired) electrons. The van der Waals surface area contributed by atoms with Crippen LogP contribution in [-0.2, 0) is 0 Å². The van der Waals surface area contributed by atoms with Crippen molar-refractivity contribution in [2.45, 2.75) is 6.42 Å². The lowest BCUT2D eigenvalue weighted by molar-refractivity contribution is 0.0718. The molecule has 130 valence electrons. The van der Waals surface area contributed by atoms with Crippen molar-refractivity contribution in [1.29, 1.82) is 0 Å². The minimum absolute atomic E-state index is 0.0771. The molecule has 0 saturated carbocycles. The highest BCUT2D eigenvalue weighted by atomic mass is 16.3. The molecule has 1 aromatic carbocycles. The molecular formula is C18H19N3O4. The average Bonchev–Trinajstić information content (AvgIpc) is 2.86. The zero-order valence-corrected chi connectivity index (χ0v) is 13.6. The molecule has 2 heterocycles. The van der Waals surface area contributed by atoms with E-state index in [1.165, 1.54) is 18.2 Å². The number of aromatic nitrogens is 1. The van der Waals surface area contributed by atoms with Crippen LogP contribution in [-0.4, -0.2) is 63.0 Å². The first-order chi connectivity index (χ1) is 12.0. The van der Waals surface area contributed by atoms with Gasteiger partial charge in [0, 0.05) is 55.8 Å². The van der Waals surface area contributed by atoms with E-state index in [2.05, 4.69) is 4.98 Å². The van der Waals surface area contributed by atoms with Crippen LogP contribution in [0.15, 0.2) is 42.7 Å². The fourth-order valence-corrected chi connectivity index (χ4v) is 2.90. The van der Waals surface area contributed by atoms with E-state index in [1.807, 2.05) is 0 Å². The summed E-state index contributed by atoms with van der Waals surface area (Å²) in [6, 6.07) is 7.17. The quantitative estimate of drug-likeness (QED) is 0.863. The molecule has 2 amide bonds. The summed E-state index contributed by atoms with van der Waals surface area (Å²) in [5, 5.41) is 19.1. The number of phenolic OH excluding ortho intramolecular Hbond substituents is 2. The van der Waals surface area contributed by atoms with E-state index in [-0.39, 0.29) is 28.9 Å². The highest BCUT2D eigenvalue weighted by Gasteiger charge is 2.24. The number of phenols is 2. The fraction of sp³-hybridized carbons (Fsp3) is 0.278. The van der Waals surface area contributed by atoms with Crippen LogP contribution in [0.25, 0.3) is 0 Å². The van der Waals surface area contributed by atoms with Crippen LogP contribution in [0.2, 0.25) is 0 Å². The molecule has 7 nitrogen and oxygen atoms in total. The van der Waals surface area contributed by atoms with Crippen LogP contribution in [0.5, 0.6) is 11.5 Å². The summed E-state index contributed by atoms with van der Waals surface area (Å²) in [5.74, 6) is -0.670. The van der Waals surface area contributed by atoms with Gasteiger partial charge >= 0.3 is 0 Å². The van der Waals surface area contributed by atoms with Gasteiger partial charge in [-0.05, 0) is 30.7 Å². The van der Waals surface area contributed by atoms with Gasteiger partial charge < -0.3 is 20.0 Å². The van der Waals surface area contributed by atoms with E-state index in [0.717, 1.165) is 0 Å². The van der Waals surface area contributed by atoms with E-state index in [1.54, 1.807) is 34.3 Å². The lowest BCUT2D eigenvalue weighted by Crippen LogP contribution is -2.37. The molecule has 3 rings (SSSR count). The summed E-state index contributed by atoms with van der Waals surface area (Å²) in [4.78, 5) is 32.4. The molecule has 7 heteroatoms. The molecule has 2 N–H and O–H groups in total. The minimum Gasteiger partial charge on any atom is -0.508 e. The predicted octanol–water partition coefficient (Wildman–Crippen LogP) is 1.48. The van der Waals surface area contributed by atoms with Gasteiger partial charge in [0.25, 0.3) is 11.8 Å². The van der Waals surface area contributed by atoms with E-state index < -0.39 is 0 Å². The van der Waals surface area contributed by atoms with E-state index in [9.17, 15) is 19.8 Å². The summed E-state index contributed by atoms with van der Waals surface area (Å²) in [7, 11) is 0. The minimum atomic E-state index is -0.274. The van der Waals surface area contributed by atoms with Crippen LogP contribution >= 0.6 is 0 Å². The maximum Gasteiger partial charge on any atom is 0.254 e. The maximum atomic E-state index is 12.6. The second-order valence-electron chi connectivity index (χ2n) is 5.91. The third-order valence-corrected chi connectivity index (χ3v) is 4.15. The number of carbonyl (C=O) groups is 2. The summed E-state index contributed by atoms with van der Waals surface area (Å²) in [6.45, 7) is 1.90. The lowest BCUT2D eigenvalue weighted by Gasteiger charge is -2.22. The second-order valence-corrected chi connectivity index (χ2v) is 5.91. The first-order valence-corrected chi connectivity index (χ1v) is 8.06. The van der Waals surface area contributed by atoms with Crippen LogP contribution in [0.3, 0.4) is 0 Å². The summed E-state index contributed by atoms with van der Waals surface area (Å²) in [5.41, 5.74) is 0.805. The Morgan fingerprint density at radius 3 is 1.88 bits per heavy atom. The van der Waals surface area contributed by atoms with Crippen molar-refractivity contribution < 1.29 is 19.8 Å². The third kappa shape index (κ3) is 3.88. The standard InChI is InChI=1S/C18H19N3O4/c22-15-10-14(11-16(23)12-15)18(25)21-7-1-6-20(8-9-21)17(24)13-2-4-19-5-3-13/h2-5,10-12,22-23H,1,6-9H2. The first-order valence-electron chi connectivity index (χ1n) is 8.06. The van der Waals surface area contributed by atoms with Gasteiger partial charge in [0.1, 0.15) is 11.5 Å². The number of benzene rings is 1. The molecule has 1 aliphatic heterocycles. The molecule has 25 heavy (non-hydrogen) atoms. The van der Waals surface area contributed by atoms with Crippen molar-refractivity contribution in [3.63, 3.8) is 0 Å². The summed E-state index contributed by atoms with van der Waals surface area (Å²) >= 11 is 0. The Kier molecular flexibility index (Phi) is 4.83. The van der Waals surface area contributed by atoms with Crippen LogP contribution in [0.1, 0.15) is 27.1 Å². The molecule has 1 aliphatic rings. The fourth-order valence-electron chi connectivity index (χ4n) is 2.90. The summed E-state index contributed by atoms with van der Waals surface area (Å²) < 4.78 is 0. The van der Waals surface area contributed by atoms with E-state index in [0.29, 0.717) is 38.2 Å². The molecule has 1 saturated heterocycles. The van der Waals surface area contributed by atoms with Gasteiger partial charge in [-0.1, -0.05) is 0 Å². The molecule has 0 unspecified atom stereocenters. The van der Waals surface area contributed by atoms with Crippen molar-refractivity contribution in [1.82, 2.24) is 14.8 Å². The maximum absolute atomic E-state index is 12.6. The van der Waals surface area contributed by atoms with Crippen molar-refractivity contribution in [2.75, 3.05) is 26.2 Å². The largest absolute Gasteiger partial charge is 0.508 e. The Balaban J connectivity index is 1.69. The molecule has 0 bridgehead atoms. The van der Waals surface area contributed by atoms with E-state index >= 15 is 0 Å². The number of aromatic hydroxyl groups is 2. The Labute approximate surface area is 145 Å². The normalized spacial score (nSPS) is 14.9. The van der Waals surface area contributed by atoms with Gasteiger partial charge in [0.2, 0.25) is 0 Å². The number of carbonyl (C=O) groups excluding carboxylic acids is 2. The third-order valence-electron chi connectivity index (χ3n) is 4.15. The second kappa shape index (κ2) is 7.21. The van der Waals surface area contributed by atoms with Crippen molar-refractivity contribution >= 4 is 11.8 Å². The molecule has 0 spiro atoms. The van der Waals surface area contributed by atoms with Gasteiger partial charge in [0.15, 0.2) is 0 Å². The van der Waals surface area contributed by atoms with Crippen LogP contribution < -0.4 is 0 Å². The number of hydrogen-bond donors (Lipinski definition) is 2. The number of nitrogens with zero attached hydrogens (tertiary/aromatic N) is 3. The highest BCUT2D eigenvalue weighted by molar-refractivity contribution is 5.96. The smallest absolute Gasteiger partial charge is 0.254 e. The van der Waals surface area contributed by atoms with E-state index in [4.69, 9.17) is 0 Å². The van der Waals surface area contributed by atoms with Crippen LogP contribution in [0, 0.1) is 0 Å². The Hall–Kier alpha value is -3.09. The molecule has 1 fully saturated rings. The first kappa shape index (κ1) is 16.8. The number of hydrogen-bond acceptors (Lipinski definition) is 5. The number of rotatable bonds is 2. The SMILES string of the molecule is O=C(c1ccncc1)N1CCCN(C(=O)c2cc(O)cc(O)c2)CC1. The molecular weight excluding hydrogens is 322 g/mol. The molecule has 2 aromatic rings. The van der Waals surface area contributed by atoms with Gasteiger partial charge in [-0.15, -0.1) is 0 Å². The highest BCUT2D eigenvalue weighted by Crippen LogP contribution is 2.22. The molecule has 0 atom stereocenters. The van der Waals surface area contributed by atoms with Gasteiger partial charge in [-0.3, -0.25) is 14.6 Å².